The maximum Gasteiger partial charge on any atom is 0.311 e. The summed E-state index contributed by atoms with van der Waals surface area (Å²) in [5.74, 6) is 0.365. The SMILES string of the molecule is CCCN(CCCCCCNCCc1ccc2[nH]c(=O)sc2c1)[C@@H]1CCc2cc(OC)c([N+](=O)[O-])cc2C1. The lowest BCUT2D eigenvalue weighted by molar-refractivity contribution is -0.385. The van der Waals surface area contributed by atoms with E-state index in [-0.39, 0.29) is 15.5 Å². The predicted octanol–water partition coefficient (Wildman–Crippen LogP) is 5.47. The first kappa shape index (κ1) is 28.3. The van der Waals surface area contributed by atoms with Crippen molar-refractivity contribution in [3.8, 4) is 5.75 Å². The number of benzene rings is 2. The quantitative estimate of drug-likeness (QED) is 0.151. The molecule has 4 rings (SSSR count). The zero-order valence-electron chi connectivity index (χ0n) is 22.6. The zero-order valence-corrected chi connectivity index (χ0v) is 23.4. The number of nitrogens with one attached hydrogen (secondary N) is 2. The lowest BCUT2D eigenvalue weighted by Crippen LogP contribution is -2.40. The van der Waals surface area contributed by atoms with Crippen LogP contribution >= 0.6 is 11.3 Å². The van der Waals surface area contributed by atoms with Crippen LogP contribution in [0.25, 0.3) is 10.2 Å². The van der Waals surface area contributed by atoms with E-state index >= 15 is 0 Å². The summed E-state index contributed by atoms with van der Waals surface area (Å²) in [6, 6.07) is 10.3. The van der Waals surface area contributed by atoms with Gasteiger partial charge in [0.25, 0.3) is 0 Å². The van der Waals surface area contributed by atoms with Crippen LogP contribution in [-0.4, -0.2) is 54.1 Å². The Morgan fingerprint density at radius 2 is 1.97 bits per heavy atom. The van der Waals surface area contributed by atoms with E-state index in [9.17, 15) is 14.9 Å². The zero-order chi connectivity index (χ0) is 26.9. The van der Waals surface area contributed by atoms with E-state index in [1.54, 1.807) is 6.07 Å². The van der Waals surface area contributed by atoms with Crippen molar-refractivity contribution in [2.75, 3.05) is 33.3 Å². The van der Waals surface area contributed by atoms with E-state index in [2.05, 4.69) is 34.3 Å². The van der Waals surface area contributed by atoms with Crippen molar-refractivity contribution in [3.05, 3.63) is 66.8 Å². The number of aromatic nitrogens is 1. The smallest absolute Gasteiger partial charge is 0.311 e. The average molecular weight is 541 g/mol. The lowest BCUT2D eigenvalue weighted by Gasteiger charge is -2.35. The van der Waals surface area contributed by atoms with E-state index < -0.39 is 0 Å². The standard InChI is InChI=1S/C29H40N4O4S/c1-3-15-32(24-10-9-22-20-27(37-2)26(33(35)36)19-23(22)18-24)16-7-5-4-6-13-30-14-12-21-8-11-25-28(17-21)38-29(34)31-25/h8,11,17,19-20,24,30H,3-7,9-10,12-16,18H2,1-2H3,(H,31,34)/t24-/m1/s1. The van der Waals surface area contributed by atoms with Gasteiger partial charge in [-0.2, -0.15) is 0 Å². The highest BCUT2D eigenvalue weighted by Crippen LogP contribution is 2.35. The number of thiazole rings is 1. The number of H-pyrrole nitrogens is 1. The molecule has 1 aliphatic carbocycles. The molecule has 0 saturated carbocycles. The van der Waals surface area contributed by atoms with Crippen LogP contribution in [0.2, 0.25) is 0 Å². The summed E-state index contributed by atoms with van der Waals surface area (Å²) in [5.41, 5.74) is 4.55. The average Bonchev–Trinajstić information content (AvgIpc) is 3.29. The lowest BCUT2D eigenvalue weighted by atomic mass is 9.86. The van der Waals surface area contributed by atoms with Crippen molar-refractivity contribution in [3.63, 3.8) is 0 Å². The van der Waals surface area contributed by atoms with Gasteiger partial charge in [-0.15, -0.1) is 0 Å². The third kappa shape index (κ3) is 7.42. The number of rotatable bonds is 15. The summed E-state index contributed by atoms with van der Waals surface area (Å²) in [7, 11) is 1.50. The van der Waals surface area contributed by atoms with Gasteiger partial charge in [-0.05, 0) is 106 Å². The first-order chi connectivity index (χ1) is 18.5. The number of hydrogen-bond donors (Lipinski definition) is 2. The number of fused-ring (bicyclic) bond motifs is 2. The highest BCUT2D eigenvalue weighted by Gasteiger charge is 2.27. The molecule has 0 aliphatic heterocycles. The molecule has 0 bridgehead atoms. The van der Waals surface area contributed by atoms with Crippen LogP contribution in [0, 0.1) is 10.1 Å². The van der Waals surface area contributed by atoms with Crippen LogP contribution in [0.3, 0.4) is 0 Å². The minimum absolute atomic E-state index is 0.00416. The predicted molar refractivity (Wildman–Crippen MR) is 155 cm³/mol. The summed E-state index contributed by atoms with van der Waals surface area (Å²) < 4.78 is 6.29. The molecule has 0 radical (unpaired) electrons. The fraction of sp³-hybridized carbons (Fsp3) is 0.552. The van der Waals surface area contributed by atoms with Crippen LogP contribution in [0.5, 0.6) is 5.75 Å². The van der Waals surface area contributed by atoms with Crippen LogP contribution in [0.15, 0.2) is 35.1 Å². The Balaban J connectivity index is 1.15. The fourth-order valence-electron chi connectivity index (χ4n) is 5.56. The summed E-state index contributed by atoms with van der Waals surface area (Å²) in [6.45, 7) is 6.37. The number of methoxy groups -OCH3 is 1. The Morgan fingerprint density at radius 1 is 1.13 bits per heavy atom. The third-order valence-electron chi connectivity index (χ3n) is 7.55. The van der Waals surface area contributed by atoms with Crippen LogP contribution in [0.1, 0.15) is 62.1 Å². The molecule has 0 saturated heterocycles. The minimum atomic E-state index is -0.339. The molecular formula is C29H40N4O4S. The van der Waals surface area contributed by atoms with Gasteiger partial charge in [0.2, 0.25) is 0 Å². The van der Waals surface area contributed by atoms with Gasteiger partial charge in [-0.3, -0.25) is 14.9 Å². The van der Waals surface area contributed by atoms with E-state index in [1.807, 2.05) is 12.1 Å². The molecule has 1 aliphatic rings. The van der Waals surface area contributed by atoms with Gasteiger partial charge in [0.15, 0.2) is 5.75 Å². The molecule has 9 heteroatoms. The van der Waals surface area contributed by atoms with E-state index in [4.69, 9.17) is 4.74 Å². The Morgan fingerprint density at radius 3 is 2.76 bits per heavy atom. The maximum atomic E-state index is 11.5. The Hall–Kier alpha value is -2.75. The van der Waals surface area contributed by atoms with Crippen molar-refractivity contribution >= 4 is 27.2 Å². The molecule has 8 nitrogen and oxygen atoms in total. The maximum absolute atomic E-state index is 11.5. The second-order valence-corrected chi connectivity index (χ2v) is 11.3. The number of unbranched alkanes of at least 4 members (excludes halogenated alkanes) is 3. The van der Waals surface area contributed by atoms with E-state index in [0.29, 0.717) is 11.8 Å². The summed E-state index contributed by atoms with van der Waals surface area (Å²) >= 11 is 1.27. The monoisotopic (exact) mass is 540 g/mol. The normalized spacial score (nSPS) is 15.2. The Bertz CT molecular complexity index is 1270. The van der Waals surface area contributed by atoms with Gasteiger partial charge in [0, 0.05) is 12.1 Å². The molecule has 3 aromatic rings. The number of aryl methyl sites for hydroxylation is 1. The highest BCUT2D eigenvalue weighted by molar-refractivity contribution is 7.16. The summed E-state index contributed by atoms with van der Waals surface area (Å²) in [5, 5.41) is 15.0. The molecule has 0 amide bonds. The number of nitro groups is 1. The molecule has 1 atom stereocenters. The van der Waals surface area contributed by atoms with Crippen molar-refractivity contribution in [2.24, 2.45) is 0 Å². The molecule has 1 aromatic heterocycles. The van der Waals surface area contributed by atoms with Gasteiger partial charge in [0.1, 0.15) is 0 Å². The third-order valence-corrected chi connectivity index (χ3v) is 8.40. The molecule has 0 spiro atoms. The number of aromatic amines is 1. The molecule has 2 aromatic carbocycles. The van der Waals surface area contributed by atoms with Crippen LogP contribution < -0.4 is 14.9 Å². The van der Waals surface area contributed by atoms with Gasteiger partial charge < -0.3 is 19.9 Å². The topological polar surface area (TPSA) is 100 Å². The number of nitro benzene ring substituents is 1. The molecule has 0 unspecified atom stereocenters. The van der Waals surface area contributed by atoms with Crippen molar-refractivity contribution in [1.82, 2.24) is 15.2 Å². The molecular weight excluding hydrogens is 500 g/mol. The summed E-state index contributed by atoms with van der Waals surface area (Å²) in [4.78, 5) is 28.1. The van der Waals surface area contributed by atoms with Crippen molar-refractivity contribution in [2.45, 2.75) is 70.8 Å². The molecule has 0 fully saturated rings. The second-order valence-electron chi connectivity index (χ2n) is 10.2. The van der Waals surface area contributed by atoms with Gasteiger partial charge >= 0.3 is 10.6 Å². The number of nitrogens with zero attached hydrogens (tertiary/aromatic N) is 2. The summed E-state index contributed by atoms with van der Waals surface area (Å²) in [6.07, 6.45) is 9.79. The molecule has 1 heterocycles. The Labute approximate surface area is 228 Å². The minimum Gasteiger partial charge on any atom is -0.490 e. The molecule has 206 valence electrons. The van der Waals surface area contributed by atoms with Crippen molar-refractivity contribution < 1.29 is 9.66 Å². The van der Waals surface area contributed by atoms with Gasteiger partial charge in [0.05, 0.1) is 22.2 Å². The largest absolute Gasteiger partial charge is 0.490 e. The van der Waals surface area contributed by atoms with Gasteiger partial charge in [-0.25, -0.2) is 0 Å². The Kier molecular flexibility index (Phi) is 10.3. The fourth-order valence-corrected chi connectivity index (χ4v) is 6.36. The van der Waals surface area contributed by atoms with Crippen LogP contribution in [0.4, 0.5) is 5.69 Å². The first-order valence-electron chi connectivity index (χ1n) is 13.9. The number of ether oxygens (including phenoxy) is 1. The highest BCUT2D eigenvalue weighted by atomic mass is 32.1. The van der Waals surface area contributed by atoms with E-state index in [1.165, 1.54) is 55.3 Å². The second kappa shape index (κ2) is 13.9. The molecule has 38 heavy (non-hydrogen) atoms. The van der Waals surface area contributed by atoms with Gasteiger partial charge in [-0.1, -0.05) is 37.2 Å². The molecule has 2 N–H and O–H groups in total. The first-order valence-corrected chi connectivity index (χ1v) is 14.7. The van der Waals surface area contributed by atoms with E-state index in [0.717, 1.165) is 74.1 Å². The van der Waals surface area contributed by atoms with Crippen molar-refractivity contribution in [1.29, 1.82) is 0 Å². The van der Waals surface area contributed by atoms with Crippen LogP contribution in [-0.2, 0) is 19.3 Å². The number of hydrogen-bond acceptors (Lipinski definition) is 7.